The normalized spacial score (nSPS) is 10.6. The lowest BCUT2D eigenvalue weighted by Gasteiger charge is -2.11. The third kappa shape index (κ3) is 6.41. The number of ether oxygens (including phenoxy) is 1. The third-order valence-corrected chi connectivity index (χ3v) is 4.92. The highest BCUT2D eigenvalue weighted by Crippen LogP contribution is 2.33. The van der Waals surface area contributed by atoms with E-state index in [-0.39, 0.29) is 17.3 Å². The van der Waals surface area contributed by atoms with Gasteiger partial charge in [-0.15, -0.1) is 0 Å². The fourth-order valence-corrected chi connectivity index (χ4v) is 3.11. The molecule has 0 amide bonds. The van der Waals surface area contributed by atoms with Crippen molar-refractivity contribution in [2.24, 2.45) is 0 Å². The fraction of sp³-hybridized carbons (Fsp3) is 0.333. The van der Waals surface area contributed by atoms with Crippen molar-refractivity contribution in [1.29, 1.82) is 0 Å². The van der Waals surface area contributed by atoms with Crippen molar-refractivity contribution in [2.45, 2.75) is 46.0 Å². The Balaban J connectivity index is 1.75. The highest BCUT2D eigenvalue weighted by Gasteiger charge is 2.23. The Hall–Kier alpha value is -3.68. The molecule has 0 aliphatic heterocycles. The zero-order chi connectivity index (χ0) is 22.8. The van der Waals surface area contributed by atoms with Crippen LogP contribution in [0.2, 0.25) is 0 Å². The van der Waals surface area contributed by atoms with Crippen LogP contribution in [0.25, 0.3) is 0 Å². The summed E-state index contributed by atoms with van der Waals surface area (Å²) in [7, 11) is 0. The molecule has 0 fully saturated rings. The third-order valence-electron chi connectivity index (χ3n) is 4.92. The minimum atomic E-state index is -0.484. The predicted molar refractivity (Wildman–Crippen MR) is 127 cm³/mol. The number of nitro groups is 1. The van der Waals surface area contributed by atoms with Gasteiger partial charge in [0.1, 0.15) is 12.1 Å². The Morgan fingerprint density at radius 1 is 0.875 bits per heavy atom. The maximum absolute atomic E-state index is 11.8. The van der Waals surface area contributed by atoms with Gasteiger partial charge >= 0.3 is 5.69 Å². The average Bonchev–Trinajstić information content (AvgIpc) is 2.80. The maximum atomic E-state index is 11.8. The van der Waals surface area contributed by atoms with Crippen LogP contribution in [0.1, 0.15) is 45.1 Å². The van der Waals surface area contributed by atoms with Gasteiger partial charge in [-0.1, -0.05) is 38.8 Å². The number of aromatic nitrogens is 2. The molecule has 0 bridgehead atoms. The second-order valence-corrected chi connectivity index (χ2v) is 7.45. The molecule has 0 radical (unpaired) electrons. The van der Waals surface area contributed by atoms with Gasteiger partial charge in [0.25, 0.3) is 0 Å². The average molecular weight is 436 g/mol. The first kappa shape index (κ1) is 23.0. The molecule has 1 aromatic heterocycles. The van der Waals surface area contributed by atoms with E-state index in [1.54, 1.807) is 12.1 Å². The highest BCUT2D eigenvalue weighted by molar-refractivity contribution is 5.76. The molecular formula is C24H29N5O3. The van der Waals surface area contributed by atoms with Crippen molar-refractivity contribution >= 4 is 28.7 Å². The van der Waals surface area contributed by atoms with E-state index in [0.717, 1.165) is 43.5 Å². The van der Waals surface area contributed by atoms with Gasteiger partial charge in [-0.25, -0.2) is 9.97 Å². The summed E-state index contributed by atoms with van der Waals surface area (Å²) in [5, 5.41) is 17.9. The van der Waals surface area contributed by atoms with Crippen LogP contribution >= 0.6 is 0 Å². The first-order chi connectivity index (χ1) is 15.6. The molecule has 1 heterocycles. The molecule has 168 valence electrons. The minimum Gasteiger partial charge on any atom is -0.494 e. The molecule has 0 spiro atoms. The van der Waals surface area contributed by atoms with Crippen molar-refractivity contribution < 1.29 is 9.66 Å². The molecule has 2 N–H and O–H groups in total. The largest absolute Gasteiger partial charge is 0.494 e. The Kier molecular flexibility index (Phi) is 8.36. The van der Waals surface area contributed by atoms with Crippen molar-refractivity contribution in [3.05, 3.63) is 70.5 Å². The van der Waals surface area contributed by atoms with E-state index in [1.165, 1.54) is 11.9 Å². The molecule has 3 rings (SSSR count). The number of hydrogen-bond acceptors (Lipinski definition) is 7. The fourth-order valence-electron chi connectivity index (χ4n) is 3.11. The molecule has 8 heteroatoms. The highest BCUT2D eigenvalue weighted by atomic mass is 16.6. The zero-order valence-electron chi connectivity index (χ0n) is 18.5. The first-order valence-corrected chi connectivity index (χ1v) is 11.0. The van der Waals surface area contributed by atoms with Gasteiger partial charge in [0.05, 0.1) is 11.5 Å². The van der Waals surface area contributed by atoms with Crippen molar-refractivity contribution in [1.82, 2.24) is 9.97 Å². The second-order valence-electron chi connectivity index (χ2n) is 7.45. The lowest BCUT2D eigenvalue weighted by molar-refractivity contribution is -0.383. The molecule has 0 saturated carbocycles. The van der Waals surface area contributed by atoms with Gasteiger partial charge in [0, 0.05) is 11.4 Å². The summed E-state index contributed by atoms with van der Waals surface area (Å²) in [5.41, 5.74) is 2.41. The van der Waals surface area contributed by atoms with E-state index in [0.29, 0.717) is 12.3 Å². The Bertz CT molecular complexity index is 1010. The molecule has 0 saturated heterocycles. The van der Waals surface area contributed by atoms with E-state index in [2.05, 4.69) is 34.4 Å². The minimum absolute atomic E-state index is 0.117. The zero-order valence-corrected chi connectivity index (χ0v) is 18.5. The van der Waals surface area contributed by atoms with Gasteiger partial charge in [0.2, 0.25) is 11.6 Å². The van der Waals surface area contributed by atoms with Crippen LogP contribution in [0.4, 0.5) is 28.7 Å². The quantitative estimate of drug-likeness (QED) is 0.193. The lowest BCUT2D eigenvalue weighted by Crippen LogP contribution is -2.05. The number of benzene rings is 2. The predicted octanol–water partition coefficient (Wildman–Crippen LogP) is 6.39. The maximum Gasteiger partial charge on any atom is 0.353 e. The SMILES string of the molecule is CCCCOc1ccc(Nc2ncnc(Nc3ccc(CCCC)cc3)c2[N+](=O)[O-])cc1. The van der Waals surface area contributed by atoms with Crippen LogP contribution in [0.15, 0.2) is 54.9 Å². The lowest BCUT2D eigenvalue weighted by atomic mass is 10.1. The topological polar surface area (TPSA) is 102 Å². The Morgan fingerprint density at radius 3 is 1.97 bits per heavy atom. The number of rotatable bonds is 12. The summed E-state index contributed by atoms with van der Waals surface area (Å²) < 4.78 is 5.66. The summed E-state index contributed by atoms with van der Waals surface area (Å²) in [4.78, 5) is 19.5. The Morgan fingerprint density at radius 2 is 1.44 bits per heavy atom. The van der Waals surface area contributed by atoms with E-state index in [4.69, 9.17) is 4.74 Å². The molecule has 32 heavy (non-hydrogen) atoms. The molecular weight excluding hydrogens is 406 g/mol. The molecule has 3 aromatic rings. The van der Waals surface area contributed by atoms with Crippen molar-refractivity contribution in [3.63, 3.8) is 0 Å². The summed E-state index contributed by atoms with van der Waals surface area (Å²) in [6.07, 6.45) is 6.64. The molecule has 0 atom stereocenters. The smallest absolute Gasteiger partial charge is 0.353 e. The standard InChI is InChI=1S/C24H29N5O3/c1-3-5-7-18-8-10-19(11-9-18)27-23-22(29(30)31)24(26-17-25-23)28-20-12-14-21(15-13-20)32-16-6-4-2/h8-15,17H,3-7,16H2,1-2H3,(H2,25,26,27,28). The van der Waals surface area contributed by atoms with Crippen LogP contribution in [-0.2, 0) is 6.42 Å². The number of hydrogen-bond donors (Lipinski definition) is 2. The number of unbranched alkanes of at least 4 members (excludes halogenated alkanes) is 2. The van der Waals surface area contributed by atoms with Crippen LogP contribution in [0.3, 0.4) is 0 Å². The van der Waals surface area contributed by atoms with Gasteiger partial charge in [-0.05, 0) is 61.2 Å². The summed E-state index contributed by atoms with van der Waals surface area (Å²) >= 11 is 0. The molecule has 2 aromatic carbocycles. The number of aryl methyl sites for hydroxylation is 1. The van der Waals surface area contributed by atoms with Crippen LogP contribution < -0.4 is 15.4 Å². The van der Waals surface area contributed by atoms with Gasteiger partial charge in [-0.3, -0.25) is 10.1 Å². The van der Waals surface area contributed by atoms with Crippen LogP contribution in [0.5, 0.6) is 5.75 Å². The number of nitrogens with one attached hydrogen (secondary N) is 2. The summed E-state index contributed by atoms with van der Waals surface area (Å²) in [5.74, 6) is 1.01. The van der Waals surface area contributed by atoms with Crippen LogP contribution in [-0.4, -0.2) is 21.5 Å². The molecule has 8 nitrogen and oxygen atoms in total. The van der Waals surface area contributed by atoms with Crippen molar-refractivity contribution in [2.75, 3.05) is 17.2 Å². The van der Waals surface area contributed by atoms with Crippen LogP contribution in [0, 0.1) is 10.1 Å². The first-order valence-electron chi connectivity index (χ1n) is 11.0. The molecule has 0 aliphatic rings. The van der Waals surface area contributed by atoms with Gasteiger partial charge in [0.15, 0.2) is 0 Å². The monoisotopic (exact) mass is 435 g/mol. The molecule has 0 unspecified atom stereocenters. The number of nitrogens with zero attached hydrogens (tertiary/aromatic N) is 3. The number of anilines is 4. The van der Waals surface area contributed by atoms with Gasteiger partial charge < -0.3 is 15.4 Å². The Labute approximate surface area is 188 Å². The summed E-state index contributed by atoms with van der Waals surface area (Å²) in [6.45, 7) is 4.93. The second kappa shape index (κ2) is 11.6. The molecule has 0 aliphatic carbocycles. The van der Waals surface area contributed by atoms with Crippen molar-refractivity contribution in [3.8, 4) is 5.75 Å². The summed E-state index contributed by atoms with van der Waals surface area (Å²) in [6, 6.07) is 15.1. The van der Waals surface area contributed by atoms with E-state index in [1.807, 2.05) is 36.4 Å². The van der Waals surface area contributed by atoms with E-state index in [9.17, 15) is 10.1 Å². The van der Waals surface area contributed by atoms with E-state index >= 15 is 0 Å². The van der Waals surface area contributed by atoms with E-state index < -0.39 is 4.92 Å². The van der Waals surface area contributed by atoms with Gasteiger partial charge in [-0.2, -0.15) is 0 Å².